The Kier molecular flexibility index (Phi) is 3.77. The molecule has 0 N–H and O–H groups in total. The maximum absolute atomic E-state index is 11.5. The average molecular weight is 232 g/mol. The highest BCUT2D eigenvalue weighted by molar-refractivity contribution is 5.90. The number of nitrogens with zero attached hydrogens (tertiary/aromatic N) is 2. The Bertz CT molecular complexity index is 429. The minimum atomic E-state index is 0.279. The molecular weight excluding hydrogens is 212 g/mol. The van der Waals surface area contributed by atoms with Gasteiger partial charge in [-0.3, -0.25) is 9.48 Å². The predicted octanol–water partition coefficient (Wildman–Crippen LogP) is 3.08. The molecule has 2 rings (SSSR count). The van der Waals surface area contributed by atoms with Crippen molar-refractivity contribution in [1.29, 1.82) is 0 Å². The molecule has 1 aliphatic carbocycles. The highest BCUT2D eigenvalue weighted by Gasteiger charge is 2.10. The van der Waals surface area contributed by atoms with Gasteiger partial charge in [0.2, 0.25) is 0 Å². The number of hydrogen-bond donors (Lipinski definition) is 0. The molecule has 0 unspecified atom stereocenters. The maximum Gasteiger partial charge on any atom is 0.155 e. The van der Waals surface area contributed by atoms with Crippen molar-refractivity contribution >= 4 is 5.78 Å². The van der Waals surface area contributed by atoms with Crippen molar-refractivity contribution in [3.63, 3.8) is 0 Å². The first-order valence-corrected chi connectivity index (χ1v) is 6.41. The molecule has 0 radical (unpaired) electrons. The standard InChI is InChI=1S/C14H20N2O/c1-11(2)16-8-7-13(15-16)9-12-5-3-4-6-14(17)10-12/h7-8,10-11H,3-6,9H2,1-2H3. The van der Waals surface area contributed by atoms with Gasteiger partial charge >= 0.3 is 0 Å². The molecule has 0 fully saturated rings. The van der Waals surface area contributed by atoms with Crippen molar-refractivity contribution in [3.05, 3.63) is 29.6 Å². The Balaban J connectivity index is 2.06. The summed E-state index contributed by atoms with van der Waals surface area (Å²) in [6.45, 7) is 4.23. The summed E-state index contributed by atoms with van der Waals surface area (Å²) in [5.74, 6) is 0.279. The van der Waals surface area contributed by atoms with Crippen molar-refractivity contribution in [2.75, 3.05) is 0 Å². The number of carbonyl (C=O) groups is 1. The number of hydrogen-bond acceptors (Lipinski definition) is 2. The number of carbonyl (C=O) groups excluding carboxylic acids is 1. The lowest BCUT2D eigenvalue weighted by Gasteiger charge is -2.05. The van der Waals surface area contributed by atoms with Gasteiger partial charge in [-0.1, -0.05) is 5.57 Å². The molecule has 1 aromatic rings. The first-order chi connectivity index (χ1) is 8.15. The molecule has 0 spiro atoms. The third kappa shape index (κ3) is 3.29. The monoisotopic (exact) mass is 232 g/mol. The van der Waals surface area contributed by atoms with E-state index in [1.54, 1.807) is 0 Å². The zero-order valence-electron chi connectivity index (χ0n) is 10.6. The first kappa shape index (κ1) is 12.1. The topological polar surface area (TPSA) is 34.9 Å². The van der Waals surface area contributed by atoms with Gasteiger partial charge in [0.25, 0.3) is 0 Å². The molecule has 0 aliphatic heterocycles. The zero-order chi connectivity index (χ0) is 12.3. The number of rotatable bonds is 3. The van der Waals surface area contributed by atoms with Crippen molar-refractivity contribution < 1.29 is 4.79 Å². The lowest BCUT2D eigenvalue weighted by atomic mass is 10.1. The third-order valence-corrected chi connectivity index (χ3v) is 3.14. The Morgan fingerprint density at radius 3 is 2.82 bits per heavy atom. The third-order valence-electron chi connectivity index (χ3n) is 3.14. The molecular formula is C14H20N2O. The van der Waals surface area contributed by atoms with E-state index in [4.69, 9.17) is 0 Å². The van der Waals surface area contributed by atoms with Crippen LogP contribution < -0.4 is 0 Å². The normalized spacial score (nSPS) is 17.1. The molecule has 1 heterocycles. The van der Waals surface area contributed by atoms with Gasteiger partial charge in [0.1, 0.15) is 0 Å². The van der Waals surface area contributed by atoms with Crippen LogP contribution in [0.2, 0.25) is 0 Å². The highest BCUT2D eigenvalue weighted by atomic mass is 16.1. The Labute approximate surface area is 103 Å². The van der Waals surface area contributed by atoms with Gasteiger partial charge in [0.15, 0.2) is 5.78 Å². The summed E-state index contributed by atoms with van der Waals surface area (Å²) in [5, 5.41) is 4.52. The van der Waals surface area contributed by atoms with Crippen LogP contribution in [0.25, 0.3) is 0 Å². The van der Waals surface area contributed by atoms with Gasteiger partial charge in [0, 0.05) is 25.1 Å². The Morgan fingerprint density at radius 2 is 2.12 bits per heavy atom. The van der Waals surface area contributed by atoms with E-state index in [0.717, 1.165) is 31.4 Å². The second kappa shape index (κ2) is 5.30. The molecule has 0 saturated heterocycles. The van der Waals surface area contributed by atoms with Crippen molar-refractivity contribution in [2.45, 2.75) is 52.0 Å². The van der Waals surface area contributed by atoms with Gasteiger partial charge in [0.05, 0.1) is 5.69 Å². The molecule has 3 heteroatoms. The van der Waals surface area contributed by atoms with Gasteiger partial charge in [-0.05, 0) is 45.3 Å². The number of allylic oxidation sites excluding steroid dienone is 2. The van der Waals surface area contributed by atoms with E-state index in [-0.39, 0.29) is 5.78 Å². The van der Waals surface area contributed by atoms with Crippen molar-refractivity contribution in [1.82, 2.24) is 9.78 Å². The van der Waals surface area contributed by atoms with Crippen LogP contribution in [0.4, 0.5) is 0 Å². The summed E-state index contributed by atoms with van der Waals surface area (Å²) >= 11 is 0. The van der Waals surface area contributed by atoms with Crippen LogP contribution in [0.15, 0.2) is 23.9 Å². The lowest BCUT2D eigenvalue weighted by Crippen LogP contribution is -2.02. The molecule has 1 aromatic heterocycles. The Hall–Kier alpha value is -1.38. The number of ketones is 1. The molecule has 0 bridgehead atoms. The molecule has 17 heavy (non-hydrogen) atoms. The van der Waals surface area contributed by atoms with E-state index in [1.807, 2.05) is 17.0 Å². The van der Waals surface area contributed by atoms with Crippen LogP contribution in [0.3, 0.4) is 0 Å². The fraction of sp³-hybridized carbons (Fsp3) is 0.571. The van der Waals surface area contributed by atoms with Crippen LogP contribution in [0.1, 0.15) is 51.3 Å². The van der Waals surface area contributed by atoms with Crippen molar-refractivity contribution in [2.24, 2.45) is 0 Å². The molecule has 0 atom stereocenters. The summed E-state index contributed by atoms with van der Waals surface area (Å²) in [4.78, 5) is 11.5. The summed E-state index contributed by atoms with van der Waals surface area (Å²) in [6.07, 6.45) is 8.58. The van der Waals surface area contributed by atoms with E-state index in [2.05, 4.69) is 25.0 Å². The minimum absolute atomic E-state index is 0.279. The first-order valence-electron chi connectivity index (χ1n) is 6.41. The van der Waals surface area contributed by atoms with Crippen LogP contribution in [-0.2, 0) is 11.2 Å². The van der Waals surface area contributed by atoms with Gasteiger partial charge < -0.3 is 0 Å². The smallest absolute Gasteiger partial charge is 0.155 e. The predicted molar refractivity (Wildman–Crippen MR) is 67.9 cm³/mol. The SMILES string of the molecule is CC(C)n1ccc(CC2=CC(=O)CCCC2)n1. The van der Waals surface area contributed by atoms with E-state index in [9.17, 15) is 4.79 Å². The van der Waals surface area contributed by atoms with Gasteiger partial charge in [-0.2, -0.15) is 5.10 Å². The van der Waals surface area contributed by atoms with Gasteiger partial charge in [-0.25, -0.2) is 0 Å². The van der Waals surface area contributed by atoms with Crippen LogP contribution in [0, 0.1) is 0 Å². The highest BCUT2D eigenvalue weighted by Crippen LogP contribution is 2.19. The van der Waals surface area contributed by atoms with Crippen LogP contribution >= 0.6 is 0 Å². The fourth-order valence-electron chi connectivity index (χ4n) is 2.15. The van der Waals surface area contributed by atoms with E-state index >= 15 is 0 Å². The molecule has 0 saturated carbocycles. The van der Waals surface area contributed by atoms with E-state index < -0.39 is 0 Å². The fourth-order valence-corrected chi connectivity index (χ4v) is 2.15. The largest absolute Gasteiger partial charge is 0.295 e. The van der Waals surface area contributed by atoms with Crippen LogP contribution in [-0.4, -0.2) is 15.6 Å². The Morgan fingerprint density at radius 1 is 1.35 bits per heavy atom. The summed E-state index contributed by atoms with van der Waals surface area (Å²) in [6, 6.07) is 2.45. The summed E-state index contributed by atoms with van der Waals surface area (Å²) in [7, 11) is 0. The second-order valence-electron chi connectivity index (χ2n) is 5.03. The average Bonchev–Trinajstić information content (AvgIpc) is 2.63. The maximum atomic E-state index is 11.5. The zero-order valence-corrected chi connectivity index (χ0v) is 10.6. The summed E-state index contributed by atoms with van der Waals surface area (Å²) < 4.78 is 1.97. The minimum Gasteiger partial charge on any atom is -0.295 e. The van der Waals surface area contributed by atoms with E-state index in [1.165, 1.54) is 5.57 Å². The molecule has 1 aliphatic rings. The van der Waals surface area contributed by atoms with Gasteiger partial charge in [-0.15, -0.1) is 0 Å². The molecule has 3 nitrogen and oxygen atoms in total. The van der Waals surface area contributed by atoms with Crippen molar-refractivity contribution in [3.8, 4) is 0 Å². The molecule has 0 amide bonds. The molecule has 92 valence electrons. The van der Waals surface area contributed by atoms with E-state index in [0.29, 0.717) is 12.5 Å². The summed E-state index contributed by atoms with van der Waals surface area (Å²) in [5.41, 5.74) is 2.31. The van der Waals surface area contributed by atoms with Crippen LogP contribution in [0.5, 0.6) is 0 Å². The lowest BCUT2D eigenvalue weighted by molar-refractivity contribution is -0.114. The quantitative estimate of drug-likeness (QED) is 0.802. The molecule has 0 aromatic carbocycles. The number of aromatic nitrogens is 2. The second-order valence-corrected chi connectivity index (χ2v) is 5.03.